The molecule has 0 saturated carbocycles. The molecule has 0 aliphatic heterocycles. The van der Waals surface area contributed by atoms with Crippen LogP contribution in [0.2, 0.25) is 5.02 Å². The second-order valence-corrected chi connectivity index (χ2v) is 5.06. The van der Waals surface area contributed by atoms with Crippen molar-refractivity contribution in [3.05, 3.63) is 34.0 Å². The maximum absolute atomic E-state index is 5.90. The topological polar surface area (TPSA) is 56.3 Å². The molecule has 0 bridgehead atoms. The van der Waals surface area contributed by atoms with Crippen LogP contribution in [0, 0.1) is 0 Å². The van der Waals surface area contributed by atoms with Crippen LogP contribution in [-0.4, -0.2) is 23.6 Å². The molecule has 0 amide bonds. The number of anilines is 1. The smallest absolute Gasteiger partial charge is 0.268 e. The Morgan fingerprint density at radius 2 is 2.15 bits per heavy atom. The summed E-state index contributed by atoms with van der Waals surface area (Å²) in [6.07, 6.45) is 1.42. The molecule has 0 atom stereocenters. The summed E-state index contributed by atoms with van der Waals surface area (Å²) < 4.78 is 11.8. The Labute approximate surface area is 130 Å². The molecule has 20 heavy (non-hydrogen) atoms. The highest BCUT2D eigenvalue weighted by Crippen LogP contribution is 2.37. The molecular formula is C13H13BrClN3O2. The molecule has 0 aliphatic rings. The SMILES string of the molecule is CCNc1ncnc(Oc2ccc(Cl)cc2Br)c1OC. The van der Waals surface area contributed by atoms with E-state index in [2.05, 4.69) is 31.2 Å². The second-order valence-electron chi connectivity index (χ2n) is 3.77. The molecule has 106 valence electrons. The van der Waals surface area contributed by atoms with E-state index in [4.69, 9.17) is 21.1 Å². The number of ether oxygens (including phenoxy) is 2. The third-order valence-electron chi connectivity index (χ3n) is 2.42. The number of nitrogens with zero attached hydrogens (tertiary/aromatic N) is 2. The highest BCUT2D eigenvalue weighted by atomic mass is 79.9. The third-order valence-corrected chi connectivity index (χ3v) is 3.27. The number of halogens is 2. The lowest BCUT2D eigenvalue weighted by molar-refractivity contribution is 0.368. The summed E-state index contributed by atoms with van der Waals surface area (Å²) in [4.78, 5) is 8.22. The monoisotopic (exact) mass is 357 g/mol. The van der Waals surface area contributed by atoms with Crippen LogP contribution in [0.1, 0.15) is 6.92 Å². The van der Waals surface area contributed by atoms with Crippen molar-refractivity contribution in [3.63, 3.8) is 0 Å². The molecule has 1 heterocycles. The van der Waals surface area contributed by atoms with Crippen molar-refractivity contribution in [2.24, 2.45) is 0 Å². The summed E-state index contributed by atoms with van der Waals surface area (Å²) in [5.41, 5.74) is 0. The van der Waals surface area contributed by atoms with Gasteiger partial charge in [0.25, 0.3) is 5.88 Å². The Morgan fingerprint density at radius 1 is 1.35 bits per heavy atom. The molecule has 5 nitrogen and oxygen atoms in total. The number of methoxy groups -OCH3 is 1. The fourth-order valence-corrected chi connectivity index (χ4v) is 2.33. The first-order chi connectivity index (χ1) is 9.65. The minimum atomic E-state index is 0.335. The number of hydrogen-bond donors (Lipinski definition) is 1. The first-order valence-corrected chi connectivity index (χ1v) is 7.08. The molecule has 0 spiro atoms. The lowest BCUT2D eigenvalue weighted by Crippen LogP contribution is -2.04. The number of nitrogens with one attached hydrogen (secondary N) is 1. The Hall–Kier alpha value is -1.53. The zero-order chi connectivity index (χ0) is 14.5. The summed E-state index contributed by atoms with van der Waals surface area (Å²) in [5, 5.41) is 3.71. The maximum Gasteiger partial charge on any atom is 0.268 e. The number of aromatic nitrogens is 2. The highest BCUT2D eigenvalue weighted by molar-refractivity contribution is 9.10. The summed E-state index contributed by atoms with van der Waals surface area (Å²) in [6, 6.07) is 5.23. The van der Waals surface area contributed by atoms with Gasteiger partial charge in [-0.25, -0.2) is 4.98 Å². The molecule has 1 N–H and O–H groups in total. The van der Waals surface area contributed by atoms with Crippen molar-refractivity contribution >= 4 is 33.3 Å². The van der Waals surface area contributed by atoms with Gasteiger partial charge in [0.1, 0.15) is 12.1 Å². The van der Waals surface area contributed by atoms with Gasteiger partial charge in [-0.15, -0.1) is 0 Å². The fourth-order valence-electron chi connectivity index (χ4n) is 1.57. The van der Waals surface area contributed by atoms with Crippen LogP contribution in [0.3, 0.4) is 0 Å². The molecule has 0 aliphatic carbocycles. The van der Waals surface area contributed by atoms with Gasteiger partial charge in [0.05, 0.1) is 11.6 Å². The lowest BCUT2D eigenvalue weighted by Gasteiger charge is -2.13. The maximum atomic E-state index is 5.90. The molecule has 1 aromatic heterocycles. The predicted molar refractivity (Wildman–Crippen MR) is 82.0 cm³/mol. The molecule has 0 unspecified atom stereocenters. The molecule has 0 saturated heterocycles. The zero-order valence-electron chi connectivity index (χ0n) is 11.0. The van der Waals surface area contributed by atoms with E-state index in [0.717, 1.165) is 11.0 Å². The van der Waals surface area contributed by atoms with Crippen molar-refractivity contribution in [2.75, 3.05) is 19.0 Å². The van der Waals surface area contributed by atoms with E-state index in [-0.39, 0.29) is 0 Å². The van der Waals surface area contributed by atoms with E-state index >= 15 is 0 Å². The van der Waals surface area contributed by atoms with E-state index in [1.165, 1.54) is 6.33 Å². The van der Waals surface area contributed by atoms with Gasteiger partial charge in [-0.2, -0.15) is 4.98 Å². The summed E-state index contributed by atoms with van der Waals surface area (Å²) in [5.74, 6) is 1.97. The largest absolute Gasteiger partial charge is 0.489 e. The van der Waals surface area contributed by atoms with Gasteiger partial charge in [-0.1, -0.05) is 11.6 Å². The van der Waals surface area contributed by atoms with E-state index < -0.39 is 0 Å². The van der Waals surface area contributed by atoms with E-state index in [1.54, 1.807) is 25.3 Å². The first kappa shape index (κ1) is 14.9. The molecule has 1 aromatic carbocycles. The molecule has 7 heteroatoms. The van der Waals surface area contributed by atoms with Crippen molar-refractivity contribution in [1.29, 1.82) is 0 Å². The average Bonchev–Trinajstić information content (AvgIpc) is 2.42. The van der Waals surface area contributed by atoms with Crippen LogP contribution < -0.4 is 14.8 Å². The van der Waals surface area contributed by atoms with Gasteiger partial charge < -0.3 is 14.8 Å². The van der Waals surface area contributed by atoms with Crippen LogP contribution in [-0.2, 0) is 0 Å². The fraction of sp³-hybridized carbons (Fsp3) is 0.231. The van der Waals surface area contributed by atoms with Crippen LogP contribution >= 0.6 is 27.5 Å². The molecule has 0 radical (unpaired) electrons. The minimum Gasteiger partial charge on any atom is -0.489 e. The Bertz CT molecular complexity index is 610. The highest BCUT2D eigenvalue weighted by Gasteiger charge is 2.15. The standard InChI is InChI=1S/C13H13BrClN3O2/c1-3-16-12-11(19-2)13(18-7-17-12)20-10-5-4-8(15)6-9(10)14/h4-7H,3H2,1-2H3,(H,16,17,18). The molecular weight excluding hydrogens is 346 g/mol. The quantitative estimate of drug-likeness (QED) is 0.871. The van der Waals surface area contributed by atoms with E-state index in [0.29, 0.717) is 28.2 Å². The van der Waals surface area contributed by atoms with Crippen molar-refractivity contribution in [3.8, 4) is 17.4 Å². The van der Waals surface area contributed by atoms with Gasteiger partial charge in [0.2, 0.25) is 5.75 Å². The zero-order valence-corrected chi connectivity index (χ0v) is 13.3. The molecule has 2 rings (SSSR count). The second kappa shape index (κ2) is 6.76. The van der Waals surface area contributed by atoms with Crippen molar-refractivity contribution in [2.45, 2.75) is 6.92 Å². The summed E-state index contributed by atoms with van der Waals surface area (Å²) in [7, 11) is 1.54. The van der Waals surface area contributed by atoms with E-state index in [1.807, 2.05) is 6.92 Å². The molecule has 0 fully saturated rings. The van der Waals surface area contributed by atoms with Crippen molar-refractivity contribution < 1.29 is 9.47 Å². The first-order valence-electron chi connectivity index (χ1n) is 5.91. The van der Waals surface area contributed by atoms with Gasteiger partial charge in [0, 0.05) is 11.6 Å². The normalized spacial score (nSPS) is 10.2. The van der Waals surface area contributed by atoms with Crippen LogP contribution in [0.25, 0.3) is 0 Å². The predicted octanol–water partition coefficient (Wildman–Crippen LogP) is 4.13. The summed E-state index contributed by atoms with van der Waals surface area (Å²) >= 11 is 9.29. The summed E-state index contributed by atoms with van der Waals surface area (Å²) in [6.45, 7) is 2.69. The van der Waals surface area contributed by atoms with Crippen LogP contribution in [0.15, 0.2) is 29.0 Å². The lowest BCUT2D eigenvalue weighted by atomic mass is 10.3. The van der Waals surface area contributed by atoms with Crippen LogP contribution in [0.5, 0.6) is 17.4 Å². The average molecular weight is 359 g/mol. The number of rotatable bonds is 5. The number of benzene rings is 1. The Morgan fingerprint density at radius 3 is 2.80 bits per heavy atom. The number of hydrogen-bond acceptors (Lipinski definition) is 5. The Balaban J connectivity index is 2.35. The minimum absolute atomic E-state index is 0.335. The van der Waals surface area contributed by atoms with Gasteiger partial charge in [-0.3, -0.25) is 0 Å². The van der Waals surface area contributed by atoms with Gasteiger partial charge >= 0.3 is 0 Å². The Kier molecular flexibility index (Phi) is 5.03. The van der Waals surface area contributed by atoms with Crippen molar-refractivity contribution in [1.82, 2.24) is 9.97 Å². The van der Waals surface area contributed by atoms with Crippen LogP contribution in [0.4, 0.5) is 5.82 Å². The van der Waals surface area contributed by atoms with Gasteiger partial charge in [0.15, 0.2) is 5.82 Å². The molecule has 2 aromatic rings. The van der Waals surface area contributed by atoms with E-state index in [9.17, 15) is 0 Å². The third kappa shape index (κ3) is 3.32. The van der Waals surface area contributed by atoms with Gasteiger partial charge in [-0.05, 0) is 41.1 Å².